The normalized spacial score (nSPS) is 31.2. The van der Waals surface area contributed by atoms with Gasteiger partial charge in [0.2, 0.25) is 23.6 Å². The van der Waals surface area contributed by atoms with Crippen molar-refractivity contribution < 1.29 is 33.5 Å². The minimum absolute atomic E-state index is 0.0390. The fraction of sp³-hybridized carbons (Fsp3) is 0.321. The summed E-state index contributed by atoms with van der Waals surface area (Å²) in [5.41, 5.74) is 5.13. The summed E-state index contributed by atoms with van der Waals surface area (Å²) in [6.07, 6.45) is 1.94. The molecule has 2 aromatic rings. The van der Waals surface area contributed by atoms with Crippen LogP contribution in [-0.2, 0) is 19.2 Å². The van der Waals surface area contributed by atoms with Crippen molar-refractivity contribution in [2.75, 3.05) is 4.90 Å². The molecule has 9 nitrogen and oxygen atoms in total. The van der Waals surface area contributed by atoms with Gasteiger partial charge in [-0.05, 0) is 61.6 Å². The van der Waals surface area contributed by atoms with Crippen LogP contribution in [0.15, 0.2) is 48.0 Å². The number of aromatic hydroxyl groups is 1. The van der Waals surface area contributed by atoms with E-state index in [4.69, 9.17) is 28.9 Å². The highest BCUT2D eigenvalue weighted by Gasteiger charge is 2.68. The number of nitrogens with zero attached hydrogens (tertiary/aromatic N) is 2. The van der Waals surface area contributed by atoms with Crippen molar-refractivity contribution in [3.05, 3.63) is 69.5 Å². The van der Waals surface area contributed by atoms with Crippen molar-refractivity contribution in [2.24, 2.45) is 34.8 Å². The first-order chi connectivity index (χ1) is 18.9. The quantitative estimate of drug-likeness (QED) is 0.401. The molecule has 2 aliphatic carbocycles. The third kappa shape index (κ3) is 3.42. The van der Waals surface area contributed by atoms with Crippen LogP contribution in [0.1, 0.15) is 31.2 Å². The minimum atomic E-state index is -1.40. The summed E-state index contributed by atoms with van der Waals surface area (Å²) in [4.78, 5) is 68.0. The number of halogens is 3. The van der Waals surface area contributed by atoms with E-state index in [2.05, 4.69) is 0 Å². The van der Waals surface area contributed by atoms with Gasteiger partial charge < -0.3 is 10.8 Å². The van der Waals surface area contributed by atoms with E-state index >= 15 is 0 Å². The molecule has 3 N–H and O–H groups in total. The van der Waals surface area contributed by atoms with Gasteiger partial charge in [-0.25, -0.2) is 14.1 Å². The second kappa shape index (κ2) is 8.87. The van der Waals surface area contributed by atoms with Crippen molar-refractivity contribution in [3.8, 4) is 5.75 Å². The molecule has 6 atom stereocenters. The monoisotopic (exact) mass is 585 g/mol. The molecule has 2 aliphatic heterocycles. The number of rotatable bonds is 2. The number of urea groups is 1. The lowest BCUT2D eigenvalue weighted by Crippen LogP contribution is -2.49. The molecule has 0 radical (unpaired) electrons. The van der Waals surface area contributed by atoms with Crippen molar-refractivity contribution in [1.29, 1.82) is 0 Å². The van der Waals surface area contributed by atoms with E-state index in [0.717, 1.165) is 11.0 Å². The van der Waals surface area contributed by atoms with Crippen LogP contribution in [0.5, 0.6) is 5.75 Å². The Morgan fingerprint density at radius 2 is 1.75 bits per heavy atom. The van der Waals surface area contributed by atoms with Gasteiger partial charge in [-0.15, -0.1) is 0 Å². The minimum Gasteiger partial charge on any atom is -0.508 e. The SMILES string of the molecule is CC12C(=O)N(c3ccc(F)c(Cl)c3)C(=O)C1CC1C(=CCC3C(=O)N(C(N)=O)C(=O)C31)C2c1ccc(O)cc1Cl. The van der Waals surface area contributed by atoms with Gasteiger partial charge in [-0.1, -0.05) is 40.9 Å². The second-order valence-electron chi connectivity index (χ2n) is 10.8. The zero-order valence-corrected chi connectivity index (χ0v) is 22.4. The lowest BCUT2D eigenvalue weighted by Gasteiger charge is -2.49. The second-order valence-corrected chi connectivity index (χ2v) is 11.6. The molecule has 4 aliphatic rings. The molecule has 0 aromatic heterocycles. The van der Waals surface area contributed by atoms with Gasteiger partial charge in [0.1, 0.15) is 11.6 Å². The zero-order valence-electron chi connectivity index (χ0n) is 20.9. The molecule has 206 valence electrons. The molecule has 40 heavy (non-hydrogen) atoms. The number of imide groups is 4. The Balaban J connectivity index is 1.54. The predicted molar refractivity (Wildman–Crippen MR) is 141 cm³/mol. The van der Waals surface area contributed by atoms with E-state index < -0.39 is 70.5 Å². The number of carbonyl (C=O) groups is 5. The maximum Gasteiger partial charge on any atom is 0.328 e. The van der Waals surface area contributed by atoms with Gasteiger partial charge >= 0.3 is 6.03 Å². The maximum atomic E-state index is 14.2. The number of benzene rings is 2. The molecule has 2 saturated heterocycles. The fourth-order valence-electron chi connectivity index (χ4n) is 7.20. The van der Waals surface area contributed by atoms with Crippen molar-refractivity contribution in [3.63, 3.8) is 0 Å². The predicted octanol–water partition coefficient (Wildman–Crippen LogP) is 4.15. The van der Waals surface area contributed by atoms with Crippen LogP contribution < -0.4 is 10.6 Å². The molecule has 12 heteroatoms. The molecule has 3 fully saturated rings. The van der Waals surface area contributed by atoms with E-state index in [1.54, 1.807) is 19.1 Å². The first-order valence-electron chi connectivity index (χ1n) is 12.6. The highest BCUT2D eigenvalue weighted by molar-refractivity contribution is 6.32. The highest BCUT2D eigenvalue weighted by atomic mass is 35.5. The third-order valence-electron chi connectivity index (χ3n) is 8.95. The van der Waals surface area contributed by atoms with E-state index in [1.807, 2.05) is 0 Å². The van der Waals surface area contributed by atoms with Crippen LogP contribution in [0, 0.1) is 34.9 Å². The molecule has 1 saturated carbocycles. The largest absolute Gasteiger partial charge is 0.508 e. The number of anilines is 1. The summed E-state index contributed by atoms with van der Waals surface area (Å²) < 4.78 is 13.9. The number of amides is 6. The van der Waals surface area contributed by atoms with Gasteiger partial charge in [0.15, 0.2) is 0 Å². The first kappa shape index (κ1) is 26.5. The van der Waals surface area contributed by atoms with Crippen LogP contribution in [-0.4, -0.2) is 39.7 Å². The Morgan fingerprint density at radius 3 is 2.40 bits per heavy atom. The van der Waals surface area contributed by atoms with Gasteiger partial charge in [-0.2, -0.15) is 4.90 Å². The maximum absolute atomic E-state index is 14.2. The number of hydrogen-bond acceptors (Lipinski definition) is 6. The molecule has 0 bridgehead atoms. The van der Waals surface area contributed by atoms with E-state index in [0.29, 0.717) is 16.0 Å². The number of carbonyl (C=O) groups excluding carboxylic acids is 5. The van der Waals surface area contributed by atoms with Crippen LogP contribution in [0.25, 0.3) is 0 Å². The van der Waals surface area contributed by atoms with Crippen molar-refractivity contribution in [1.82, 2.24) is 4.90 Å². The van der Waals surface area contributed by atoms with Gasteiger partial charge in [-0.3, -0.25) is 19.2 Å². The Morgan fingerprint density at radius 1 is 1.02 bits per heavy atom. The van der Waals surface area contributed by atoms with Gasteiger partial charge in [0.25, 0.3) is 0 Å². The molecular weight excluding hydrogens is 564 g/mol. The number of fused-ring (bicyclic) bond motifs is 4. The molecule has 6 unspecified atom stereocenters. The lowest BCUT2D eigenvalue weighted by atomic mass is 9.51. The summed E-state index contributed by atoms with van der Waals surface area (Å²) >= 11 is 12.6. The number of phenolic OH excluding ortho intramolecular Hbond substituents is 1. The summed E-state index contributed by atoms with van der Waals surface area (Å²) in [7, 11) is 0. The zero-order chi connectivity index (χ0) is 28.8. The highest BCUT2D eigenvalue weighted by Crippen LogP contribution is 2.64. The van der Waals surface area contributed by atoms with Crippen molar-refractivity contribution in [2.45, 2.75) is 25.7 Å². The van der Waals surface area contributed by atoms with Crippen LogP contribution >= 0.6 is 23.2 Å². The molecule has 6 rings (SSSR count). The lowest BCUT2D eigenvalue weighted by molar-refractivity contribution is -0.136. The summed E-state index contributed by atoms with van der Waals surface area (Å²) in [6.45, 7) is 1.65. The summed E-state index contributed by atoms with van der Waals surface area (Å²) in [5, 5.41) is 9.90. The molecule has 2 aromatic carbocycles. The average Bonchev–Trinajstić information content (AvgIpc) is 3.26. The van der Waals surface area contributed by atoms with E-state index in [-0.39, 0.29) is 34.3 Å². The van der Waals surface area contributed by atoms with Gasteiger partial charge in [0.05, 0.1) is 33.9 Å². The Labute approximate surface area is 237 Å². The summed E-state index contributed by atoms with van der Waals surface area (Å²) in [6, 6.07) is 6.67. The summed E-state index contributed by atoms with van der Waals surface area (Å²) in [5.74, 6) is -7.66. The number of allylic oxidation sites excluding steroid dienone is 2. The fourth-order valence-corrected chi connectivity index (χ4v) is 7.66. The van der Waals surface area contributed by atoms with E-state index in [1.165, 1.54) is 24.3 Å². The van der Waals surface area contributed by atoms with Crippen molar-refractivity contribution >= 4 is 58.5 Å². The standard InChI is InChI=1S/C28H22Cl2FN3O6/c1-28-17(24(37)33(26(28)39)11-2-7-20(31)19(30)8-11)10-16-13(22(28)14-4-3-12(35)9-18(14)29)5-6-15-21(16)25(38)34(23(15)36)27(32)40/h2-5,7-9,15-17,21-22,35H,6,10H2,1H3,(H2,32,40). The Bertz CT molecular complexity index is 1590. The molecule has 0 spiro atoms. The number of nitrogens with two attached hydrogens (primary N) is 1. The topological polar surface area (TPSA) is 138 Å². The number of phenols is 1. The number of primary amides is 1. The third-order valence-corrected chi connectivity index (χ3v) is 9.57. The smallest absolute Gasteiger partial charge is 0.328 e. The van der Waals surface area contributed by atoms with Gasteiger partial charge in [0, 0.05) is 10.9 Å². The first-order valence-corrected chi connectivity index (χ1v) is 13.3. The average molecular weight is 586 g/mol. The molecular formula is C28H22Cl2FN3O6. The Kier molecular flexibility index (Phi) is 5.87. The molecule has 6 amide bonds. The van der Waals surface area contributed by atoms with Crippen LogP contribution in [0.2, 0.25) is 10.0 Å². The van der Waals surface area contributed by atoms with E-state index in [9.17, 15) is 33.5 Å². The number of hydrogen-bond donors (Lipinski definition) is 2. The van der Waals surface area contributed by atoms with Crippen LogP contribution in [0.4, 0.5) is 14.9 Å². The molecule has 2 heterocycles. The van der Waals surface area contributed by atoms with Crippen LogP contribution in [0.3, 0.4) is 0 Å². The Hall–Kier alpha value is -3.76. The number of likely N-dealkylation sites (tertiary alicyclic amines) is 1.